The highest BCUT2D eigenvalue weighted by Crippen LogP contribution is 2.14. The fraction of sp³-hybridized carbons (Fsp3) is 0. The van der Waals surface area contributed by atoms with Gasteiger partial charge in [-0.15, -0.1) is 9.24 Å². The van der Waals surface area contributed by atoms with Gasteiger partial charge in [0.25, 0.3) is 0 Å². The monoisotopic (exact) mass is 284 g/mol. The fourth-order valence-electron chi connectivity index (χ4n) is 2.07. The molecule has 2 aromatic heterocycles. The van der Waals surface area contributed by atoms with Crippen LogP contribution in [0, 0.1) is 0 Å². The Balaban J connectivity index is 2.09. The number of imidazole rings is 1. The topological polar surface area (TPSA) is 75.9 Å². The molecule has 0 amide bonds. The molecular weight excluding hydrogens is 271 g/mol. The minimum absolute atomic E-state index is 0.456. The first-order valence-corrected chi connectivity index (χ1v) is 6.57. The molecule has 0 aliphatic heterocycles. The number of anilines is 1. The molecule has 0 bridgehead atoms. The van der Waals surface area contributed by atoms with E-state index in [2.05, 4.69) is 19.4 Å². The summed E-state index contributed by atoms with van der Waals surface area (Å²) in [6.07, 6.45) is 3.56. The van der Waals surface area contributed by atoms with Gasteiger partial charge in [0, 0.05) is 17.3 Å². The highest BCUT2D eigenvalue weighted by molar-refractivity contribution is 7.27. The van der Waals surface area contributed by atoms with E-state index in [9.17, 15) is 5.21 Å². The van der Waals surface area contributed by atoms with Crippen LogP contribution in [-0.4, -0.2) is 20.3 Å². The molecule has 0 saturated carbocycles. The van der Waals surface area contributed by atoms with E-state index in [1.54, 1.807) is 10.6 Å². The van der Waals surface area contributed by atoms with Crippen molar-refractivity contribution < 1.29 is 5.21 Å². The summed E-state index contributed by atoms with van der Waals surface area (Å²) in [5.74, 6) is 0.456. The molecule has 2 heterocycles. The Hall–Kier alpha value is -2.39. The van der Waals surface area contributed by atoms with Crippen molar-refractivity contribution in [3.8, 4) is 0 Å². The first-order chi connectivity index (χ1) is 9.67. The van der Waals surface area contributed by atoms with Crippen molar-refractivity contribution in [2.24, 2.45) is 5.16 Å². The Morgan fingerprint density at radius 2 is 1.80 bits per heavy atom. The number of nitrogens with zero attached hydrogens (tertiary/aromatic N) is 3. The van der Waals surface area contributed by atoms with Crippen molar-refractivity contribution >= 4 is 31.7 Å². The average Bonchev–Trinajstić information content (AvgIpc) is 2.81. The zero-order chi connectivity index (χ0) is 14.1. The first-order valence-electron chi connectivity index (χ1n) is 6.00. The molecule has 100 valence electrons. The largest absolute Gasteiger partial charge is 0.410 e. The number of pyridine rings is 1. The number of hydrogen-bond acceptors (Lipinski definition) is 4. The molecule has 0 aliphatic carbocycles. The number of rotatable bonds is 2. The van der Waals surface area contributed by atoms with E-state index < -0.39 is 0 Å². The van der Waals surface area contributed by atoms with Crippen LogP contribution in [0.2, 0.25) is 0 Å². The van der Waals surface area contributed by atoms with E-state index in [1.165, 1.54) is 0 Å². The third kappa shape index (κ3) is 2.24. The van der Waals surface area contributed by atoms with Gasteiger partial charge < -0.3 is 15.3 Å². The summed E-state index contributed by atoms with van der Waals surface area (Å²) in [5.41, 5.74) is 8.55. The summed E-state index contributed by atoms with van der Waals surface area (Å²) in [7, 11) is 2.62. The summed E-state index contributed by atoms with van der Waals surface area (Å²) in [4.78, 5) is 4.16. The van der Waals surface area contributed by atoms with Gasteiger partial charge in [-0.2, -0.15) is 0 Å². The van der Waals surface area contributed by atoms with E-state index in [-0.39, 0.29) is 0 Å². The SMILES string of the molecule is Nc1cn2cc(/C(=N/O)c3ccc(P)cc3)ccc2n1. The van der Waals surface area contributed by atoms with E-state index in [1.807, 2.05) is 42.6 Å². The number of nitrogens with two attached hydrogens (primary N) is 1. The van der Waals surface area contributed by atoms with Crippen molar-refractivity contribution in [3.63, 3.8) is 0 Å². The van der Waals surface area contributed by atoms with Gasteiger partial charge in [0.1, 0.15) is 17.2 Å². The van der Waals surface area contributed by atoms with E-state index in [0.717, 1.165) is 22.1 Å². The van der Waals surface area contributed by atoms with Gasteiger partial charge in [-0.1, -0.05) is 29.4 Å². The highest BCUT2D eigenvalue weighted by atomic mass is 31.0. The predicted molar refractivity (Wildman–Crippen MR) is 82.8 cm³/mol. The number of aromatic nitrogens is 2. The normalized spacial score (nSPS) is 11.9. The number of nitrogen functional groups attached to an aromatic ring is 1. The van der Waals surface area contributed by atoms with Crippen LogP contribution in [0.5, 0.6) is 0 Å². The molecule has 5 nitrogen and oxygen atoms in total. The van der Waals surface area contributed by atoms with Crippen LogP contribution in [0.25, 0.3) is 5.65 Å². The minimum atomic E-state index is 0.456. The summed E-state index contributed by atoms with van der Waals surface area (Å²) in [5, 5.41) is 13.8. The van der Waals surface area contributed by atoms with Gasteiger partial charge in [0.15, 0.2) is 0 Å². The third-order valence-electron chi connectivity index (χ3n) is 3.03. The average molecular weight is 284 g/mol. The molecule has 6 heteroatoms. The second kappa shape index (κ2) is 4.94. The summed E-state index contributed by atoms with van der Waals surface area (Å²) in [6, 6.07) is 11.4. The molecule has 0 saturated heterocycles. The van der Waals surface area contributed by atoms with Crippen LogP contribution in [0.4, 0.5) is 5.82 Å². The summed E-state index contributed by atoms with van der Waals surface area (Å²) in [6.45, 7) is 0. The van der Waals surface area contributed by atoms with Crippen LogP contribution >= 0.6 is 9.24 Å². The summed E-state index contributed by atoms with van der Waals surface area (Å²) >= 11 is 0. The molecule has 3 N–H and O–H groups in total. The van der Waals surface area contributed by atoms with Crippen LogP contribution < -0.4 is 11.0 Å². The van der Waals surface area contributed by atoms with E-state index in [4.69, 9.17) is 5.73 Å². The van der Waals surface area contributed by atoms with Crippen molar-refractivity contribution in [1.82, 2.24) is 9.38 Å². The van der Waals surface area contributed by atoms with Gasteiger partial charge in [0.05, 0.1) is 6.20 Å². The lowest BCUT2D eigenvalue weighted by molar-refractivity contribution is 0.319. The Bertz CT molecular complexity index is 793. The lowest BCUT2D eigenvalue weighted by atomic mass is 10.0. The van der Waals surface area contributed by atoms with Gasteiger partial charge in [0.2, 0.25) is 0 Å². The van der Waals surface area contributed by atoms with Crippen molar-refractivity contribution in [2.45, 2.75) is 0 Å². The molecule has 1 aromatic carbocycles. The second-order valence-electron chi connectivity index (χ2n) is 4.42. The van der Waals surface area contributed by atoms with Crippen LogP contribution in [0.15, 0.2) is 53.9 Å². The Morgan fingerprint density at radius 1 is 1.10 bits per heavy atom. The number of oxime groups is 1. The Labute approximate surface area is 118 Å². The van der Waals surface area contributed by atoms with Crippen molar-refractivity contribution in [1.29, 1.82) is 0 Å². The third-order valence-corrected chi connectivity index (χ3v) is 3.41. The maximum absolute atomic E-state index is 9.31. The molecule has 1 atom stereocenters. The Kier molecular flexibility index (Phi) is 3.12. The molecule has 1 unspecified atom stereocenters. The smallest absolute Gasteiger partial charge is 0.142 e. The molecule has 20 heavy (non-hydrogen) atoms. The number of hydrogen-bond donors (Lipinski definition) is 2. The molecule has 3 aromatic rings. The van der Waals surface area contributed by atoms with Crippen LogP contribution in [0.1, 0.15) is 11.1 Å². The lowest BCUT2D eigenvalue weighted by Gasteiger charge is -2.06. The maximum Gasteiger partial charge on any atom is 0.142 e. The zero-order valence-electron chi connectivity index (χ0n) is 10.6. The zero-order valence-corrected chi connectivity index (χ0v) is 11.7. The molecule has 0 fully saturated rings. The molecular formula is C14H13N4OP. The van der Waals surface area contributed by atoms with Gasteiger partial charge in [-0.05, 0) is 17.4 Å². The predicted octanol–water partition coefficient (Wildman–Crippen LogP) is 1.64. The lowest BCUT2D eigenvalue weighted by Crippen LogP contribution is -2.06. The van der Waals surface area contributed by atoms with E-state index >= 15 is 0 Å². The molecule has 0 spiro atoms. The maximum atomic E-state index is 9.31. The number of benzene rings is 1. The van der Waals surface area contributed by atoms with Gasteiger partial charge >= 0.3 is 0 Å². The van der Waals surface area contributed by atoms with Gasteiger partial charge in [-0.25, -0.2) is 4.98 Å². The minimum Gasteiger partial charge on any atom is -0.410 e. The Morgan fingerprint density at radius 3 is 2.50 bits per heavy atom. The van der Waals surface area contributed by atoms with Crippen molar-refractivity contribution in [3.05, 3.63) is 59.9 Å². The molecule has 0 radical (unpaired) electrons. The van der Waals surface area contributed by atoms with Crippen molar-refractivity contribution in [2.75, 3.05) is 5.73 Å². The standard InChI is InChI=1S/C14H13N4OP/c15-12-8-18-7-10(3-6-13(18)16-12)14(17-19)9-1-4-11(20)5-2-9/h1-8,19H,15,20H2/b17-14+. The second-order valence-corrected chi connectivity index (χ2v) is 5.09. The summed E-state index contributed by atoms with van der Waals surface area (Å²) < 4.78 is 1.81. The van der Waals surface area contributed by atoms with E-state index in [0.29, 0.717) is 11.5 Å². The fourth-order valence-corrected chi connectivity index (χ4v) is 2.27. The molecule has 0 aliphatic rings. The van der Waals surface area contributed by atoms with Crippen LogP contribution in [-0.2, 0) is 0 Å². The quantitative estimate of drug-likeness (QED) is 0.325. The number of fused-ring (bicyclic) bond motifs is 1. The first kappa shape index (κ1) is 12.6. The highest BCUT2D eigenvalue weighted by Gasteiger charge is 2.09. The molecule has 3 rings (SSSR count). The van der Waals surface area contributed by atoms with Gasteiger partial charge in [-0.3, -0.25) is 0 Å². The van der Waals surface area contributed by atoms with Crippen LogP contribution in [0.3, 0.4) is 0 Å².